The van der Waals surface area contributed by atoms with Crippen molar-refractivity contribution in [2.75, 3.05) is 5.32 Å². The highest BCUT2D eigenvalue weighted by Crippen LogP contribution is 2.23. The molecule has 1 aromatic heterocycles. The maximum Gasteiger partial charge on any atom is 0.224 e. The molecule has 1 aromatic carbocycles. The van der Waals surface area contributed by atoms with E-state index in [9.17, 15) is 4.39 Å². The number of hydrogen-bond donors (Lipinski definition) is 1. The van der Waals surface area contributed by atoms with Crippen LogP contribution in [-0.2, 0) is 0 Å². The number of nitrogens with one attached hydrogen (secondary N) is 1. The van der Waals surface area contributed by atoms with Crippen molar-refractivity contribution in [2.24, 2.45) is 0 Å². The Morgan fingerprint density at radius 3 is 2.76 bits per heavy atom. The highest BCUT2D eigenvalue weighted by Gasteiger charge is 2.06. The molecule has 0 aliphatic heterocycles. The predicted octanol–water partition coefficient (Wildman–Crippen LogP) is 3.97. The average molecular weight is 272 g/mol. The fraction of sp³-hybridized carbons (Fsp3) is 0.0909. The van der Waals surface area contributed by atoms with E-state index >= 15 is 0 Å². The molecule has 2 aromatic rings. The lowest BCUT2D eigenvalue weighted by molar-refractivity contribution is 0.619. The molecule has 0 bridgehead atoms. The molecular formula is C11H8Cl2FN3. The zero-order chi connectivity index (χ0) is 12.4. The molecule has 1 N–H and O–H groups in total. The Kier molecular flexibility index (Phi) is 3.45. The molecule has 3 nitrogen and oxygen atoms in total. The number of rotatable bonds is 2. The van der Waals surface area contributed by atoms with E-state index in [1.807, 2.05) is 13.0 Å². The minimum atomic E-state index is -0.578. The minimum Gasteiger partial charge on any atom is -0.338 e. The first-order valence-electron chi connectivity index (χ1n) is 4.77. The summed E-state index contributed by atoms with van der Waals surface area (Å²) in [6.07, 6.45) is 1.01. The number of benzene rings is 1. The van der Waals surface area contributed by atoms with Crippen LogP contribution in [0.15, 0.2) is 24.4 Å². The summed E-state index contributed by atoms with van der Waals surface area (Å²) in [5.41, 5.74) is 1.58. The van der Waals surface area contributed by atoms with Gasteiger partial charge in [0.15, 0.2) is 11.6 Å². The molecule has 0 amide bonds. The van der Waals surface area contributed by atoms with Gasteiger partial charge in [-0.15, -0.1) is 0 Å². The summed E-state index contributed by atoms with van der Waals surface area (Å²) in [7, 11) is 0. The standard InChI is InChI=1S/C11H8Cl2FN3/c1-6-2-3-7(4-8(6)12)16-10-9(14)5-15-11(13)17-10/h2-5H,1H3,(H,15,16,17). The van der Waals surface area contributed by atoms with E-state index < -0.39 is 5.82 Å². The number of halogens is 3. The predicted molar refractivity (Wildman–Crippen MR) is 66.5 cm³/mol. The lowest BCUT2D eigenvalue weighted by atomic mass is 10.2. The van der Waals surface area contributed by atoms with E-state index in [-0.39, 0.29) is 11.1 Å². The Morgan fingerprint density at radius 2 is 2.06 bits per heavy atom. The first-order valence-corrected chi connectivity index (χ1v) is 5.53. The molecule has 0 saturated carbocycles. The fourth-order valence-electron chi connectivity index (χ4n) is 1.24. The van der Waals surface area contributed by atoms with Gasteiger partial charge in [-0.25, -0.2) is 9.37 Å². The van der Waals surface area contributed by atoms with Gasteiger partial charge in [-0.3, -0.25) is 0 Å². The minimum absolute atomic E-state index is 0.0184. The molecule has 2 rings (SSSR count). The van der Waals surface area contributed by atoms with Gasteiger partial charge in [0.05, 0.1) is 6.20 Å². The summed E-state index contributed by atoms with van der Waals surface area (Å²) >= 11 is 11.5. The van der Waals surface area contributed by atoms with Gasteiger partial charge >= 0.3 is 0 Å². The van der Waals surface area contributed by atoms with Gasteiger partial charge in [0, 0.05) is 10.7 Å². The van der Waals surface area contributed by atoms with E-state index in [0.717, 1.165) is 11.8 Å². The van der Waals surface area contributed by atoms with E-state index in [1.54, 1.807) is 12.1 Å². The van der Waals surface area contributed by atoms with E-state index in [0.29, 0.717) is 10.7 Å². The second kappa shape index (κ2) is 4.85. The second-order valence-corrected chi connectivity index (χ2v) is 4.17. The normalized spacial score (nSPS) is 10.4. The molecule has 0 aliphatic carbocycles. The summed E-state index contributed by atoms with van der Waals surface area (Å²) in [6, 6.07) is 5.29. The number of aryl methyl sites for hydroxylation is 1. The Labute approximate surface area is 108 Å². The molecule has 6 heteroatoms. The summed E-state index contributed by atoms with van der Waals surface area (Å²) in [6.45, 7) is 1.88. The van der Waals surface area contributed by atoms with Gasteiger partial charge in [-0.2, -0.15) is 4.98 Å². The van der Waals surface area contributed by atoms with Gasteiger partial charge in [-0.1, -0.05) is 17.7 Å². The molecule has 88 valence electrons. The Hall–Kier alpha value is -1.39. The Morgan fingerprint density at radius 1 is 1.29 bits per heavy atom. The third kappa shape index (κ3) is 2.84. The first-order chi connectivity index (χ1) is 8.06. The van der Waals surface area contributed by atoms with E-state index in [2.05, 4.69) is 15.3 Å². The summed E-state index contributed by atoms with van der Waals surface area (Å²) in [5.74, 6) is -0.559. The van der Waals surface area contributed by atoms with Crippen LogP contribution >= 0.6 is 23.2 Å². The average Bonchev–Trinajstić information content (AvgIpc) is 2.29. The van der Waals surface area contributed by atoms with Crippen LogP contribution in [-0.4, -0.2) is 9.97 Å². The van der Waals surface area contributed by atoms with Gasteiger partial charge in [0.2, 0.25) is 5.28 Å². The molecular weight excluding hydrogens is 264 g/mol. The number of aromatic nitrogens is 2. The highest BCUT2D eigenvalue weighted by molar-refractivity contribution is 6.31. The molecule has 0 spiro atoms. The maximum atomic E-state index is 13.4. The summed E-state index contributed by atoms with van der Waals surface area (Å²) < 4.78 is 13.4. The highest BCUT2D eigenvalue weighted by atomic mass is 35.5. The van der Waals surface area contributed by atoms with Crippen LogP contribution in [0.25, 0.3) is 0 Å². The van der Waals surface area contributed by atoms with Crippen LogP contribution in [0.1, 0.15) is 5.56 Å². The van der Waals surface area contributed by atoms with Crippen molar-refractivity contribution in [3.8, 4) is 0 Å². The van der Waals surface area contributed by atoms with Crippen molar-refractivity contribution in [2.45, 2.75) is 6.92 Å². The van der Waals surface area contributed by atoms with Crippen molar-refractivity contribution in [1.29, 1.82) is 0 Å². The largest absolute Gasteiger partial charge is 0.338 e. The SMILES string of the molecule is Cc1ccc(Nc2nc(Cl)ncc2F)cc1Cl. The molecule has 0 atom stereocenters. The van der Waals surface area contributed by atoms with Crippen molar-refractivity contribution < 1.29 is 4.39 Å². The molecule has 0 unspecified atom stereocenters. The van der Waals surface area contributed by atoms with Crippen molar-refractivity contribution in [1.82, 2.24) is 9.97 Å². The molecule has 17 heavy (non-hydrogen) atoms. The van der Waals surface area contributed by atoms with E-state index in [1.165, 1.54) is 0 Å². The number of anilines is 2. The maximum absolute atomic E-state index is 13.4. The van der Waals surface area contributed by atoms with Crippen LogP contribution in [0.2, 0.25) is 10.3 Å². The van der Waals surface area contributed by atoms with Gasteiger partial charge in [0.1, 0.15) is 0 Å². The molecule has 1 heterocycles. The Bertz CT molecular complexity index is 560. The monoisotopic (exact) mass is 271 g/mol. The zero-order valence-corrected chi connectivity index (χ0v) is 10.3. The van der Waals surface area contributed by atoms with Crippen LogP contribution in [0, 0.1) is 12.7 Å². The fourth-order valence-corrected chi connectivity index (χ4v) is 1.55. The molecule has 0 saturated heterocycles. The lowest BCUT2D eigenvalue weighted by Crippen LogP contribution is -1.98. The van der Waals surface area contributed by atoms with Crippen LogP contribution in [0.5, 0.6) is 0 Å². The van der Waals surface area contributed by atoms with Gasteiger partial charge < -0.3 is 5.32 Å². The smallest absolute Gasteiger partial charge is 0.224 e. The van der Waals surface area contributed by atoms with Crippen LogP contribution < -0.4 is 5.32 Å². The van der Waals surface area contributed by atoms with Crippen LogP contribution in [0.4, 0.5) is 15.9 Å². The summed E-state index contributed by atoms with van der Waals surface area (Å²) in [4.78, 5) is 7.27. The summed E-state index contributed by atoms with van der Waals surface area (Å²) in [5, 5.41) is 3.36. The van der Waals surface area contributed by atoms with Crippen molar-refractivity contribution >= 4 is 34.7 Å². The van der Waals surface area contributed by atoms with Gasteiger partial charge in [0.25, 0.3) is 0 Å². The first kappa shape index (κ1) is 12.1. The zero-order valence-electron chi connectivity index (χ0n) is 8.84. The molecule has 0 radical (unpaired) electrons. The molecule has 0 fully saturated rings. The van der Waals surface area contributed by atoms with Gasteiger partial charge in [-0.05, 0) is 36.2 Å². The number of nitrogens with zero attached hydrogens (tertiary/aromatic N) is 2. The second-order valence-electron chi connectivity index (χ2n) is 3.42. The quantitative estimate of drug-likeness (QED) is 0.840. The Balaban J connectivity index is 2.31. The topological polar surface area (TPSA) is 37.8 Å². The van der Waals surface area contributed by atoms with Crippen molar-refractivity contribution in [3.05, 3.63) is 46.1 Å². The van der Waals surface area contributed by atoms with E-state index in [4.69, 9.17) is 23.2 Å². The van der Waals surface area contributed by atoms with Crippen molar-refractivity contribution in [3.63, 3.8) is 0 Å². The third-order valence-corrected chi connectivity index (χ3v) is 2.74. The molecule has 0 aliphatic rings. The number of hydrogen-bond acceptors (Lipinski definition) is 3. The third-order valence-electron chi connectivity index (χ3n) is 2.15. The lowest BCUT2D eigenvalue weighted by Gasteiger charge is -2.07. The van der Waals surface area contributed by atoms with Crippen LogP contribution in [0.3, 0.4) is 0 Å².